The van der Waals surface area contributed by atoms with Crippen LogP contribution in [0.25, 0.3) is 0 Å². The van der Waals surface area contributed by atoms with Crippen LogP contribution in [0.2, 0.25) is 0 Å². The van der Waals surface area contributed by atoms with Gasteiger partial charge in [0.2, 0.25) is 0 Å². The lowest BCUT2D eigenvalue weighted by atomic mass is 10.1. The molecule has 1 aliphatic carbocycles. The van der Waals surface area contributed by atoms with Gasteiger partial charge in [-0.15, -0.1) is 0 Å². The zero-order valence-corrected chi connectivity index (χ0v) is 12.3. The smallest absolute Gasteiger partial charge is 0.0528 e. The van der Waals surface area contributed by atoms with E-state index in [-0.39, 0.29) is 6.10 Å². The van der Waals surface area contributed by atoms with E-state index in [0.717, 1.165) is 25.6 Å². The van der Waals surface area contributed by atoms with Gasteiger partial charge in [0, 0.05) is 31.9 Å². The fourth-order valence-electron chi connectivity index (χ4n) is 2.17. The van der Waals surface area contributed by atoms with Crippen molar-refractivity contribution in [2.75, 3.05) is 18.5 Å². The maximum absolute atomic E-state index is 9.34. The summed E-state index contributed by atoms with van der Waals surface area (Å²) >= 11 is 0. The van der Waals surface area contributed by atoms with Crippen LogP contribution in [-0.2, 0) is 6.54 Å². The Labute approximate surface area is 116 Å². The summed E-state index contributed by atoms with van der Waals surface area (Å²) in [5.74, 6) is 0. The van der Waals surface area contributed by atoms with E-state index >= 15 is 0 Å². The van der Waals surface area contributed by atoms with Gasteiger partial charge >= 0.3 is 0 Å². The van der Waals surface area contributed by atoms with Gasteiger partial charge in [-0.3, -0.25) is 0 Å². The Bertz CT molecular complexity index is 413. The summed E-state index contributed by atoms with van der Waals surface area (Å²) < 4.78 is 0. The van der Waals surface area contributed by atoms with Crippen LogP contribution in [0.15, 0.2) is 18.2 Å². The van der Waals surface area contributed by atoms with E-state index in [2.05, 4.69) is 42.4 Å². The SMILES string of the molecule is Cc1cc(N(C)CCC(C)O)ccc1CNC1CC1. The topological polar surface area (TPSA) is 35.5 Å². The molecule has 19 heavy (non-hydrogen) atoms. The fraction of sp³-hybridized carbons (Fsp3) is 0.625. The van der Waals surface area contributed by atoms with Crippen molar-refractivity contribution in [2.24, 2.45) is 0 Å². The quantitative estimate of drug-likeness (QED) is 0.792. The standard InChI is InChI=1S/C16H26N2O/c1-12-10-16(18(3)9-8-13(2)19)7-4-14(12)11-17-15-5-6-15/h4,7,10,13,15,17,19H,5-6,8-9,11H2,1-3H3. The Hall–Kier alpha value is -1.06. The third kappa shape index (κ3) is 4.51. The highest BCUT2D eigenvalue weighted by Gasteiger charge is 2.20. The van der Waals surface area contributed by atoms with Crippen molar-refractivity contribution in [3.63, 3.8) is 0 Å². The highest BCUT2D eigenvalue weighted by Crippen LogP contribution is 2.22. The summed E-state index contributed by atoms with van der Waals surface area (Å²) in [6, 6.07) is 7.40. The predicted molar refractivity (Wildman–Crippen MR) is 80.6 cm³/mol. The van der Waals surface area contributed by atoms with Crippen LogP contribution >= 0.6 is 0 Å². The molecule has 0 aliphatic heterocycles. The molecule has 0 spiro atoms. The minimum atomic E-state index is -0.231. The number of hydrogen-bond acceptors (Lipinski definition) is 3. The maximum Gasteiger partial charge on any atom is 0.0528 e. The van der Waals surface area contributed by atoms with Crippen molar-refractivity contribution in [2.45, 2.75) is 51.8 Å². The van der Waals surface area contributed by atoms with Crippen LogP contribution in [-0.4, -0.2) is 30.8 Å². The lowest BCUT2D eigenvalue weighted by Crippen LogP contribution is -2.22. The van der Waals surface area contributed by atoms with E-state index < -0.39 is 0 Å². The molecule has 3 heteroatoms. The van der Waals surface area contributed by atoms with Crippen molar-refractivity contribution in [1.29, 1.82) is 0 Å². The first-order valence-corrected chi connectivity index (χ1v) is 7.28. The Kier molecular flexibility index (Phi) is 4.83. The van der Waals surface area contributed by atoms with E-state index in [1.54, 1.807) is 0 Å². The van der Waals surface area contributed by atoms with Crippen molar-refractivity contribution in [1.82, 2.24) is 5.32 Å². The highest BCUT2D eigenvalue weighted by atomic mass is 16.3. The van der Waals surface area contributed by atoms with Crippen LogP contribution in [0, 0.1) is 6.92 Å². The number of nitrogens with one attached hydrogen (secondary N) is 1. The second-order valence-electron chi connectivity index (χ2n) is 5.83. The zero-order valence-electron chi connectivity index (χ0n) is 12.3. The van der Waals surface area contributed by atoms with E-state index in [4.69, 9.17) is 0 Å². The van der Waals surface area contributed by atoms with Gasteiger partial charge in [0.05, 0.1) is 6.10 Å². The number of rotatable bonds is 7. The first-order valence-electron chi connectivity index (χ1n) is 7.28. The molecule has 1 aliphatic rings. The van der Waals surface area contributed by atoms with Crippen LogP contribution < -0.4 is 10.2 Å². The predicted octanol–water partition coefficient (Wildman–Crippen LogP) is 2.45. The maximum atomic E-state index is 9.34. The zero-order chi connectivity index (χ0) is 13.8. The molecule has 2 N–H and O–H groups in total. The largest absolute Gasteiger partial charge is 0.393 e. The minimum Gasteiger partial charge on any atom is -0.393 e. The van der Waals surface area contributed by atoms with Gasteiger partial charge in [-0.25, -0.2) is 0 Å². The van der Waals surface area contributed by atoms with Crippen molar-refractivity contribution < 1.29 is 5.11 Å². The molecule has 0 bridgehead atoms. The van der Waals surface area contributed by atoms with Gasteiger partial charge in [-0.1, -0.05) is 6.07 Å². The third-order valence-electron chi connectivity index (χ3n) is 3.81. The number of aryl methyl sites for hydroxylation is 1. The molecule has 1 saturated carbocycles. The molecule has 1 fully saturated rings. The minimum absolute atomic E-state index is 0.231. The molecular formula is C16H26N2O. The van der Waals surface area contributed by atoms with Crippen LogP contribution in [0.1, 0.15) is 37.3 Å². The molecule has 1 aromatic carbocycles. The summed E-state index contributed by atoms with van der Waals surface area (Å²) in [4.78, 5) is 2.21. The van der Waals surface area contributed by atoms with Crippen molar-refractivity contribution >= 4 is 5.69 Å². The third-order valence-corrected chi connectivity index (χ3v) is 3.81. The molecule has 0 radical (unpaired) electrons. The summed E-state index contributed by atoms with van der Waals surface area (Å²) in [7, 11) is 2.08. The molecule has 1 aromatic rings. The molecule has 1 unspecified atom stereocenters. The highest BCUT2D eigenvalue weighted by molar-refractivity contribution is 5.50. The summed E-state index contributed by atoms with van der Waals surface area (Å²) in [5.41, 5.74) is 3.96. The molecule has 0 amide bonds. The van der Waals surface area contributed by atoms with Gasteiger partial charge in [-0.05, 0) is 56.4 Å². The molecule has 1 atom stereocenters. The monoisotopic (exact) mass is 262 g/mol. The van der Waals surface area contributed by atoms with Crippen LogP contribution in [0.4, 0.5) is 5.69 Å². The molecule has 2 rings (SSSR count). The fourth-order valence-corrected chi connectivity index (χ4v) is 2.17. The van der Waals surface area contributed by atoms with E-state index in [0.29, 0.717) is 0 Å². The molecule has 0 aromatic heterocycles. The molecule has 0 heterocycles. The number of hydrogen-bond donors (Lipinski definition) is 2. The second-order valence-corrected chi connectivity index (χ2v) is 5.83. The van der Waals surface area contributed by atoms with E-state index in [1.165, 1.54) is 29.7 Å². The summed E-state index contributed by atoms with van der Waals surface area (Å²) in [5, 5.41) is 12.9. The molecule has 3 nitrogen and oxygen atoms in total. The number of anilines is 1. The van der Waals surface area contributed by atoms with Gasteiger partial charge in [0.15, 0.2) is 0 Å². The molecule has 0 saturated heterocycles. The van der Waals surface area contributed by atoms with E-state index in [9.17, 15) is 5.11 Å². The number of nitrogens with zero attached hydrogens (tertiary/aromatic N) is 1. The number of aliphatic hydroxyl groups is 1. The van der Waals surface area contributed by atoms with Crippen LogP contribution in [0.3, 0.4) is 0 Å². The average molecular weight is 262 g/mol. The van der Waals surface area contributed by atoms with Crippen molar-refractivity contribution in [3.05, 3.63) is 29.3 Å². The molecule has 106 valence electrons. The van der Waals surface area contributed by atoms with E-state index in [1.807, 2.05) is 6.92 Å². The Morgan fingerprint density at radius 2 is 2.16 bits per heavy atom. The first-order chi connectivity index (χ1) is 9.06. The first kappa shape index (κ1) is 14.4. The van der Waals surface area contributed by atoms with Gasteiger partial charge in [0.25, 0.3) is 0 Å². The summed E-state index contributed by atoms with van der Waals surface area (Å²) in [6.07, 6.45) is 3.24. The number of benzene rings is 1. The summed E-state index contributed by atoms with van der Waals surface area (Å²) in [6.45, 7) is 5.88. The van der Waals surface area contributed by atoms with Crippen molar-refractivity contribution in [3.8, 4) is 0 Å². The second kappa shape index (κ2) is 6.40. The lowest BCUT2D eigenvalue weighted by Gasteiger charge is -2.21. The lowest BCUT2D eigenvalue weighted by molar-refractivity contribution is 0.187. The Balaban J connectivity index is 1.92. The Morgan fingerprint density at radius 3 is 2.74 bits per heavy atom. The normalized spacial score (nSPS) is 16.4. The average Bonchev–Trinajstić information content (AvgIpc) is 3.18. The Morgan fingerprint density at radius 1 is 1.42 bits per heavy atom. The van der Waals surface area contributed by atoms with Gasteiger partial charge < -0.3 is 15.3 Å². The van der Waals surface area contributed by atoms with Gasteiger partial charge in [0.1, 0.15) is 0 Å². The van der Waals surface area contributed by atoms with Gasteiger partial charge in [-0.2, -0.15) is 0 Å². The number of aliphatic hydroxyl groups excluding tert-OH is 1. The van der Waals surface area contributed by atoms with Crippen LogP contribution in [0.5, 0.6) is 0 Å². The molecular weight excluding hydrogens is 236 g/mol.